The number of rotatable bonds is 3. The van der Waals surface area contributed by atoms with E-state index in [1.165, 1.54) is 24.4 Å². The smallest absolute Gasteiger partial charge is 0.263 e. The first kappa shape index (κ1) is 13.3. The number of aromatic nitrogens is 1. The van der Waals surface area contributed by atoms with Crippen molar-refractivity contribution in [1.82, 2.24) is 4.98 Å². The number of nitrogens with one attached hydrogen (secondary N) is 1. The highest BCUT2D eigenvalue weighted by Crippen LogP contribution is 2.23. The van der Waals surface area contributed by atoms with E-state index in [0.29, 0.717) is 0 Å². The maximum Gasteiger partial charge on any atom is 0.263 e. The standard InChI is InChI=1S/C12H8ClN3O2S/c13-12-10(5-3-7-15-12)16-19(17,18)11-6-2-1-4-9(11)8-14/h1-7,16H. The van der Waals surface area contributed by atoms with Gasteiger partial charge in [-0.1, -0.05) is 23.7 Å². The van der Waals surface area contributed by atoms with E-state index >= 15 is 0 Å². The minimum absolute atomic E-state index is 0.0421. The van der Waals surface area contributed by atoms with Crippen LogP contribution in [0, 0.1) is 11.3 Å². The van der Waals surface area contributed by atoms with Crippen LogP contribution in [0.5, 0.6) is 0 Å². The molecule has 2 rings (SSSR count). The maximum absolute atomic E-state index is 12.2. The number of nitriles is 1. The predicted octanol–water partition coefficient (Wildman–Crippen LogP) is 2.41. The summed E-state index contributed by atoms with van der Waals surface area (Å²) in [7, 11) is -3.88. The summed E-state index contributed by atoms with van der Waals surface area (Å²) in [5.41, 5.74) is 0.229. The Balaban J connectivity index is 2.45. The molecule has 19 heavy (non-hydrogen) atoms. The SMILES string of the molecule is N#Cc1ccccc1S(=O)(=O)Nc1cccnc1Cl. The Labute approximate surface area is 115 Å². The fraction of sp³-hybridized carbons (Fsp3) is 0. The van der Waals surface area contributed by atoms with Crippen LogP contribution in [0.1, 0.15) is 5.56 Å². The summed E-state index contributed by atoms with van der Waals surface area (Å²) in [6, 6.07) is 10.8. The second-order valence-corrected chi connectivity index (χ2v) is 5.56. The Morgan fingerprint density at radius 3 is 2.63 bits per heavy atom. The van der Waals surface area contributed by atoms with E-state index in [1.54, 1.807) is 18.2 Å². The first-order valence-corrected chi connectivity index (χ1v) is 7.03. The molecule has 1 aromatic carbocycles. The van der Waals surface area contributed by atoms with Gasteiger partial charge in [-0.05, 0) is 24.3 Å². The number of pyridine rings is 1. The molecule has 96 valence electrons. The van der Waals surface area contributed by atoms with Crippen LogP contribution in [-0.2, 0) is 10.0 Å². The molecule has 2 aromatic rings. The molecule has 1 heterocycles. The van der Waals surface area contributed by atoms with Crippen molar-refractivity contribution in [3.05, 3.63) is 53.3 Å². The van der Waals surface area contributed by atoms with Gasteiger partial charge in [-0.15, -0.1) is 0 Å². The van der Waals surface area contributed by atoms with Gasteiger partial charge in [-0.3, -0.25) is 4.72 Å². The monoisotopic (exact) mass is 293 g/mol. The molecule has 0 amide bonds. The fourth-order valence-corrected chi connectivity index (χ4v) is 2.90. The first-order valence-electron chi connectivity index (χ1n) is 5.17. The zero-order valence-corrected chi connectivity index (χ0v) is 11.1. The number of hydrogen-bond donors (Lipinski definition) is 1. The van der Waals surface area contributed by atoms with Crippen molar-refractivity contribution in [2.24, 2.45) is 0 Å². The Bertz CT molecular complexity index is 754. The van der Waals surface area contributed by atoms with Crippen molar-refractivity contribution in [3.8, 4) is 6.07 Å². The van der Waals surface area contributed by atoms with E-state index in [0.717, 1.165) is 0 Å². The van der Waals surface area contributed by atoms with Gasteiger partial charge in [0.05, 0.1) is 11.3 Å². The summed E-state index contributed by atoms with van der Waals surface area (Å²) >= 11 is 5.79. The van der Waals surface area contributed by atoms with Gasteiger partial charge in [0.2, 0.25) is 0 Å². The third-order valence-electron chi connectivity index (χ3n) is 2.30. The average Bonchev–Trinajstić information content (AvgIpc) is 2.41. The lowest BCUT2D eigenvalue weighted by molar-refractivity contribution is 0.601. The molecule has 0 saturated carbocycles. The normalized spacial score (nSPS) is 10.7. The lowest BCUT2D eigenvalue weighted by atomic mass is 10.2. The average molecular weight is 294 g/mol. The molecular formula is C12H8ClN3O2S. The van der Waals surface area contributed by atoms with Crippen molar-refractivity contribution in [3.63, 3.8) is 0 Å². The van der Waals surface area contributed by atoms with Crippen LogP contribution in [0.3, 0.4) is 0 Å². The number of hydrogen-bond acceptors (Lipinski definition) is 4. The number of sulfonamides is 1. The molecule has 1 N–H and O–H groups in total. The molecule has 0 fully saturated rings. The van der Waals surface area contributed by atoms with E-state index in [4.69, 9.17) is 16.9 Å². The second kappa shape index (κ2) is 5.26. The van der Waals surface area contributed by atoms with Crippen molar-refractivity contribution in [2.75, 3.05) is 4.72 Å². The molecule has 0 atom stereocenters. The molecule has 0 radical (unpaired) electrons. The third-order valence-corrected chi connectivity index (χ3v) is 4.03. The molecule has 0 aliphatic heterocycles. The van der Waals surface area contributed by atoms with Crippen LogP contribution in [0.2, 0.25) is 5.15 Å². The molecule has 0 aliphatic carbocycles. The van der Waals surface area contributed by atoms with E-state index in [9.17, 15) is 8.42 Å². The van der Waals surface area contributed by atoms with Crippen molar-refractivity contribution >= 4 is 27.3 Å². The van der Waals surface area contributed by atoms with Crippen LogP contribution in [0.4, 0.5) is 5.69 Å². The Hall–Kier alpha value is -2.10. The lowest BCUT2D eigenvalue weighted by Crippen LogP contribution is -2.14. The lowest BCUT2D eigenvalue weighted by Gasteiger charge is -2.09. The van der Waals surface area contributed by atoms with Crippen LogP contribution in [0.25, 0.3) is 0 Å². The van der Waals surface area contributed by atoms with Gasteiger partial charge in [0.25, 0.3) is 10.0 Å². The van der Waals surface area contributed by atoms with E-state index in [2.05, 4.69) is 9.71 Å². The largest absolute Gasteiger partial charge is 0.276 e. The molecule has 0 bridgehead atoms. The zero-order valence-electron chi connectivity index (χ0n) is 9.54. The van der Waals surface area contributed by atoms with Crippen LogP contribution in [0.15, 0.2) is 47.5 Å². The summed E-state index contributed by atoms with van der Waals surface area (Å²) in [6.07, 6.45) is 1.45. The highest BCUT2D eigenvalue weighted by atomic mass is 35.5. The topological polar surface area (TPSA) is 82.8 Å². The van der Waals surface area contributed by atoms with Crippen molar-refractivity contribution in [2.45, 2.75) is 4.90 Å². The van der Waals surface area contributed by atoms with Gasteiger partial charge in [-0.2, -0.15) is 5.26 Å². The molecule has 0 unspecified atom stereocenters. The van der Waals surface area contributed by atoms with E-state index in [-0.39, 0.29) is 21.3 Å². The van der Waals surface area contributed by atoms with Gasteiger partial charge in [-0.25, -0.2) is 13.4 Å². The number of halogens is 1. The number of anilines is 1. The Morgan fingerprint density at radius 1 is 1.21 bits per heavy atom. The van der Waals surface area contributed by atoms with E-state index < -0.39 is 10.0 Å². The predicted molar refractivity (Wildman–Crippen MR) is 71.2 cm³/mol. The Morgan fingerprint density at radius 2 is 1.95 bits per heavy atom. The molecule has 0 spiro atoms. The summed E-state index contributed by atoms with van der Waals surface area (Å²) in [5.74, 6) is 0. The Kier molecular flexibility index (Phi) is 3.69. The molecule has 0 aliphatic rings. The summed E-state index contributed by atoms with van der Waals surface area (Å²) < 4.78 is 26.7. The minimum atomic E-state index is -3.88. The third kappa shape index (κ3) is 2.84. The molecular weight excluding hydrogens is 286 g/mol. The molecule has 1 aromatic heterocycles. The van der Waals surface area contributed by atoms with Crippen LogP contribution in [-0.4, -0.2) is 13.4 Å². The highest BCUT2D eigenvalue weighted by Gasteiger charge is 2.19. The van der Waals surface area contributed by atoms with E-state index in [1.807, 2.05) is 6.07 Å². The summed E-state index contributed by atoms with van der Waals surface area (Å²) in [6.45, 7) is 0. The van der Waals surface area contributed by atoms with Gasteiger partial charge < -0.3 is 0 Å². The second-order valence-electron chi connectivity index (χ2n) is 3.56. The van der Waals surface area contributed by atoms with Gasteiger partial charge >= 0.3 is 0 Å². The number of nitrogens with zero attached hydrogens (tertiary/aromatic N) is 2. The molecule has 5 nitrogen and oxygen atoms in total. The fourth-order valence-electron chi connectivity index (χ4n) is 1.46. The maximum atomic E-state index is 12.2. The van der Waals surface area contributed by atoms with Crippen molar-refractivity contribution < 1.29 is 8.42 Å². The van der Waals surface area contributed by atoms with Gasteiger partial charge in [0, 0.05) is 6.20 Å². The molecule has 0 saturated heterocycles. The minimum Gasteiger partial charge on any atom is -0.276 e. The highest BCUT2D eigenvalue weighted by molar-refractivity contribution is 7.92. The first-order chi connectivity index (χ1) is 9.04. The van der Waals surface area contributed by atoms with Crippen molar-refractivity contribution in [1.29, 1.82) is 5.26 Å². The van der Waals surface area contributed by atoms with Gasteiger partial charge in [0.15, 0.2) is 5.15 Å². The quantitative estimate of drug-likeness (QED) is 0.881. The summed E-state index contributed by atoms with van der Waals surface area (Å²) in [4.78, 5) is 3.67. The van der Waals surface area contributed by atoms with Crippen LogP contribution < -0.4 is 4.72 Å². The van der Waals surface area contributed by atoms with Crippen LogP contribution >= 0.6 is 11.6 Å². The molecule has 7 heteroatoms. The zero-order chi connectivity index (χ0) is 13.9. The number of benzene rings is 1. The summed E-state index contributed by atoms with van der Waals surface area (Å²) in [5, 5.41) is 8.96. The van der Waals surface area contributed by atoms with Gasteiger partial charge in [0.1, 0.15) is 11.0 Å².